The summed E-state index contributed by atoms with van der Waals surface area (Å²) in [5, 5.41) is 10.5. The maximum atomic E-state index is 13.9. The topological polar surface area (TPSA) is 116 Å². The Balaban J connectivity index is 1.34. The van der Waals surface area contributed by atoms with E-state index in [0.717, 1.165) is 30.2 Å². The molecule has 0 saturated carbocycles. The number of benzene rings is 2. The first kappa shape index (κ1) is 30.2. The van der Waals surface area contributed by atoms with Gasteiger partial charge in [0.2, 0.25) is 0 Å². The molecular formula is C29H28F3N6O3PS. The average Bonchev–Trinajstić information content (AvgIpc) is 3.65. The van der Waals surface area contributed by atoms with Gasteiger partial charge in [-0.3, -0.25) is 10.1 Å². The molecule has 14 heteroatoms. The van der Waals surface area contributed by atoms with Crippen LogP contribution in [0, 0.1) is 0 Å². The molecule has 3 heterocycles. The number of hydrogen-bond donors (Lipinski definition) is 3. The molecule has 1 aliphatic rings. The quantitative estimate of drug-likeness (QED) is 0.188. The summed E-state index contributed by atoms with van der Waals surface area (Å²) >= 11 is 0.962. The molecule has 1 fully saturated rings. The standard InChI is InChI=1S/C29H28F3N6O3PS/c1-42(2,41)21-10-8-18(9-11-21)26(39)37-27-35-23(17-43-27)25-22(29(30,31)32)12-13-24(36-25)33-19-6-5-7-20(16-19)34-28(40)38-14-3-4-15-38/h5-13,16-17H,3-4,14-15H2,1-2H3,(H,33,36)(H,34,40)(H,35,37,39). The van der Waals surface area contributed by atoms with Gasteiger partial charge in [0.05, 0.1) is 5.56 Å². The van der Waals surface area contributed by atoms with Gasteiger partial charge in [-0.1, -0.05) is 18.2 Å². The molecule has 9 nitrogen and oxygen atoms in total. The fraction of sp³-hybridized carbons (Fsp3) is 0.241. The van der Waals surface area contributed by atoms with E-state index in [1.807, 2.05) is 0 Å². The molecule has 0 atom stereocenters. The first-order chi connectivity index (χ1) is 20.4. The monoisotopic (exact) mass is 628 g/mol. The van der Waals surface area contributed by atoms with Crippen molar-refractivity contribution in [2.75, 3.05) is 42.4 Å². The second kappa shape index (κ2) is 12.2. The second-order valence-electron chi connectivity index (χ2n) is 10.3. The molecule has 43 heavy (non-hydrogen) atoms. The highest BCUT2D eigenvalue weighted by atomic mass is 32.1. The number of nitrogens with zero attached hydrogens (tertiary/aromatic N) is 3. The maximum absolute atomic E-state index is 13.9. The van der Waals surface area contributed by atoms with Gasteiger partial charge >= 0.3 is 12.2 Å². The number of thiazole rings is 1. The molecular weight excluding hydrogens is 600 g/mol. The number of urea groups is 1. The summed E-state index contributed by atoms with van der Waals surface area (Å²) in [5.41, 5.74) is -0.117. The minimum absolute atomic E-state index is 0.0591. The first-order valence-electron chi connectivity index (χ1n) is 13.3. The smallest absolute Gasteiger partial charge is 0.340 e. The fourth-order valence-corrected chi connectivity index (χ4v) is 6.04. The fourth-order valence-electron chi connectivity index (χ4n) is 4.48. The molecule has 224 valence electrons. The lowest BCUT2D eigenvalue weighted by atomic mass is 10.1. The van der Waals surface area contributed by atoms with E-state index in [1.54, 1.807) is 54.6 Å². The molecule has 2 aromatic heterocycles. The van der Waals surface area contributed by atoms with E-state index in [9.17, 15) is 27.3 Å². The Labute approximate surface area is 249 Å². The van der Waals surface area contributed by atoms with Gasteiger partial charge in [-0.15, -0.1) is 11.3 Å². The zero-order valence-electron chi connectivity index (χ0n) is 23.2. The molecule has 2 aromatic carbocycles. The van der Waals surface area contributed by atoms with E-state index in [2.05, 4.69) is 25.9 Å². The van der Waals surface area contributed by atoms with Crippen LogP contribution >= 0.6 is 18.5 Å². The Bertz CT molecular complexity index is 1700. The van der Waals surface area contributed by atoms with Crippen LogP contribution in [-0.2, 0) is 10.7 Å². The lowest BCUT2D eigenvalue weighted by Gasteiger charge is -2.17. The normalized spacial score (nSPS) is 13.6. The molecule has 0 radical (unpaired) electrons. The number of nitrogens with one attached hydrogen (secondary N) is 3. The summed E-state index contributed by atoms with van der Waals surface area (Å²) in [6, 6.07) is 15.0. The number of rotatable bonds is 7. The van der Waals surface area contributed by atoms with Crippen molar-refractivity contribution in [1.29, 1.82) is 0 Å². The van der Waals surface area contributed by atoms with Crippen LogP contribution in [0.3, 0.4) is 0 Å². The van der Waals surface area contributed by atoms with Crippen LogP contribution in [0.1, 0.15) is 28.8 Å². The third-order valence-electron chi connectivity index (χ3n) is 6.70. The van der Waals surface area contributed by atoms with Crippen molar-refractivity contribution < 1.29 is 27.3 Å². The van der Waals surface area contributed by atoms with E-state index < -0.39 is 30.5 Å². The number of halogens is 3. The third kappa shape index (κ3) is 7.41. The van der Waals surface area contributed by atoms with E-state index in [1.165, 1.54) is 23.6 Å². The summed E-state index contributed by atoms with van der Waals surface area (Å²) in [6.45, 7) is 4.64. The number of amides is 3. The zero-order valence-corrected chi connectivity index (χ0v) is 24.9. The van der Waals surface area contributed by atoms with Crippen LogP contribution < -0.4 is 21.3 Å². The second-order valence-corrected chi connectivity index (χ2v) is 14.4. The SMILES string of the molecule is CP(C)(=O)c1ccc(C(=O)Nc2nc(-c3nc(Nc4cccc(NC(=O)N5CCCC5)c4)ccc3C(F)(F)F)cs2)cc1. The van der Waals surface area contributed by atoms with Crippen LogP contribution in [0.4, 0.5) is 40.3 Å². The Morgan fingerprint density at radius 1 is 0.930 bits per heavy atom. The molecule has 3 amide bonds. The lowest BCUT2D eigenvalue weighted by molar-refractivity contribution is -0.137. The third-order valence-corrected chi connectivity index (χ3v) is 9.00. The number of pyridine rings is 1. The van der Waals surface area contributed by atoms with Crippen molar-refractivity contribution in [2.45, 2.75) is 19.0 Å². The van der Waals surface area contributed by atoms with E-state index in [-0.39, 0.29) is 28.2 Å². The van der Waals surface area contributed by atoms with E-state index in [0.29, 0.717) is 29.8 Å². The van der Waals surface area contributed by atoms with Crippen molar-refractivity contribution in [1.82, 2.24) is 14.9 Å². The summed E-state index contributed by atoms with van der Waals surface area (Å²) in [4.78, 5) is 35.3. The lowest BCUT2D eigenvalue weighted by Crippen LogP contribution is -2.32. The first-order valence-corrected chi connectivity index (χ1v) is 16.8. The van der Waals surface area contributed by atoms with Gasteiger partial charge < -0.3 is 20.1 Å². The Kier molecular flexibility index (Phi) is 8.57. The Hall–Kier alpha value is -4.22. The van der Waals surface area contributed by atoms with Crippen LogP contribution in [0.5, 0.6) is 0 Å². The van der Waals surface area contributed by atoms with Crippen molar-refractivity contribution >= 4 is 58.0 Å². The number of alkyl halides is 3. The van der Waals surface area contributed by atoms with Gasteiger partial charge in [-0.25, -0.2) is 14.8 Å². The number of aromatic nitrogens is 2. The highest BCUT2D eigenvalue weighted by molar-refractivity contribution is 7.70. The van der Waals surface area contributed by atoms with Gasteiger partial charge in [-0.05, 0) is 68.6 Å². The maximum Gasteiger partial charge on any atom is 0.418 e. The van der Waals surface area contributed by atoms with Gasteiger partial charge in [0.1, 0.15) is 24.3 Å². The molecule has 5 rings (SSSR count). The number of carbonyl (C=O) groups is 2. The van der Waals surface area contributed by atoms with Crippen LogP contribution in [0.2, 0.25) is 0 Å². The molecule has 1 aliphatic heterocycles. The van der Waals surface area contributed by atoms with Crippen LogP contribution in [-0.4, -0.2) is 53.2 Å². The van der Waals surface area contributed by atoms with Crippen molar-refractivity contribution in [3.63, 3.8) is 0 Å². The van der Waals surface area contributed by atoms with Crippen LogP contribution in [0.15, 0.2) is 66.0 Å². The molecule has 0 aliphatic carbocycles. The Morgan fingerprint density at radius 3 is 2.30 bits per heavy atom. The van der Waals surface area contributed by atoms with Crippen molar-refractivity contribution in [3.8, 4) is 11.4 Å². The highest BCUT2D eigenvalue weighted by Crippen LogP contribution is 2.38. The van der Waals surface area contributed by atoms with Gasteiger partial charge in [-0.2, -0.15) is 13.2 Å². The summed E-state index contributed by atoms with van der Waals surface area (Å²) in [5.74, 6) is -0.376. The average molecular weight is 629 g/mol. The number of anilines is 4. The molecule has 4 aromatic rings. The molecule has 0 spiro atoms. The zero-order chi connectivity index (χ0) is 30.8. The van der Waals surface area contributed by atoms with Crippen molar-refractivity contribution in [3.05, 3.63) is 77.2 Å². The van der Waals surface area contributed by atoms with Crippen LogP contribution in [0.25, 0.3) is 11.4 Å². The predicted octanol–water partition coefficient (Wildman–Crippen LogP) is 7.10. The number of hydrogen-bond acceptors (Lipinski definition) is 7. The summed E-state index contributed by atoms with van der Waals surface area (Å²) in [7, 11) is -2.49. The molecule has 0 unspecified atom stereocenters. The van der Waals surface area contributed by atoms with Gasteiger partial charge in [0.25, 0.3) is 5.91 Å². The molecule has 1 saturated heterocycles. The number of likely N-dealkylation sites (tertiary alicyclic amines) is 1. The van der Waals surface area contributed by atoms with E-state index in [4.69, 9.17) is 0 Å². The van der Waals surface area contributed by atoms with Crippen molar-refractivity contribution in [2.24, 2.45) is 0 Å². The minimum atomic E-state index is -4.70. The Morgan fingerprint density at radius 2 is 1.63 bits per heavy atom. The van der Waals surface area contributed by atoms with Gasteiger partial charge in [0, 0.05) is 40.7 Å². The van der Waals surface area contributed by atoms with E-state index >= 15 is 0 Å². The minimum Gasteiger partial charge on any atom is -0.340 e. The summed E-state index contributed by atoms with van der Waals surface area (Å²) < 4.78 is 54.0. The highest BCUT2D eigenvalue weighted by Gasteiger charge is 2.35. The summed E-state index contributed by atoms with van der Waals surface area (Å²) in [6.07, 6.45) is -2.78. The van der Waals surface area contributed by atoms with Gasteiger partial charge in [0.15, 0.2) is 5.13 Å². The predicted molar refractivity (Wildman–Crippen MR) is 163 cm³/mol. The largest absolute Gasteiger partial charge is 0.418 e. The molecule has 0 bridgehead atoms. The number of carbonyl (C=O) groups excluding carboxylic acids is 2. The molecule has 3 N–H and O–H groups in total.